The van der Waals surface area contributed by atoms with E-state index in [1.165, 1.54) is 0 Å². The Morgan fingerprint density at radius 2 is 2.08 bits per heavy atom. The molecule has 2 nitrogen and oxygen atoms in total. The number of benzene rings is 1. The molecule has 0 radical (unpaired) electrons. The number of epoxide rings is 1. The second kappa shape index (κ2) is 3.13. The highest BCUT2D eigenvalue weighted by Gasteiger charge is 2.55. The molecular formula is C11H14O2. The highest BCUT2D eigenvalue weighted by molar-refractivity contribution is 5.29. The zero-order chi connectivity index (χ0) is 9.31. The first kappa shape index (κ1) is 8.73. The second-order valence-corrected chi connectivity index (χ2v) is 3.43. The lowest BCUT2D eigenvalue weighted by molar-refractivity contribution is 0.172. The summed E-state index contributed by atoms with van der Waals surface area (Å²) in [6.07, 6.45) is 1.15. The fourth-order valence-electron chi connectivity index (χ4n) is 1.84. The molecule has 2 heteroatoms. The van der Waals surface area contributed by atoms with Crippen LogP contribution in [-0.4, -0.2) is 17.8 Å². The predicted octanol–water partition coefficient (Wildman–Crippen LogP) is 1.68. The van der Waals surface area contributed by atoms with Crippen molar-refractivity contribution >= 4 is 0 Å². The molecule has 1 aromatic rings. The van der Waals surface area contributed by atoms with E-state index < -0.39 is 5.60 Å². The number of rotatable bonds is 3. The van der Waals surface area contributed by atoms with Gasteiger partial charge in [0, 0.05) is 0 Å². The van der Waals surface area contributed by atoms with Crippen LogP contribution in [-0.2, 0) is 10.3 Å². The van der Waals surface area contributed by atoms with Gasteiger partial charge in [-0.05, 0) is 12.0 Å². The molecule has 1 heterocycles. The van der Waals surface area contributed by atoms with Gasteiger partial charge in [0.1, 0.15) is 5.60 Å². The van der Waals surface area contributed by atoms with Crippen molar-refractivity contribution in [2.75, 3.05) is 6.61 Å². The Hall–Kier alpha value is -0.860. The summed E-state index contributed by atoms with van der Waals surface area (Å²) in [5, 5.41) is 9.29. The fourth-order valence-corrected chi connectivity index (χ4v) is 1.84. The lowest BCUT2D eigenvalue weighted by Gasteiger charge is -2.08. The van der Waals surface area contributed by atoms with E-state index in [9.17, 15) is 5.11 Å². The van der Waals surface area contributed by atoms with Crippen LogP contribution in [0.4, 0.5) is 0 Å². The van der Waals surface area contributed by atoms with Crippen molar-refractivity contribution in [2.24, 2.45) is 0 Å². The van der Waals surface area contributed by atoms with Crippen molar-refractivity contribution in [3.05, 3.63) is 35.9 Å². The van der Waals surface area contributed by atoms with Gasteiger partial charge in [0.25, 0.3) is 0 Å². The first-order valence-corrected chi connectivity index (χ1v) is 4.67. The number of hydrogen-bond acceptors (Lipinski definition) is 2. The lowest BCUT2D eigenvalue weighted by atomic mass is 9.95. The summed E-state index contributed by atoms with van der Waals surface area (Å²) in [5.41, 5.74) is 0.695. The Balaban J connectivity index is 2.25. The van der Waals surface area contributed by atoms with Gasteiger partial charge in [-0.15, -0.1) is 0 Å². The first-order valence-electron chi connectivity index (χ1n) is 4.67. The van der Waals surface area contributed by atoms with Crippen LogP contribution in [0.25, 0.3) is 0 Å². The van der Waals surface area contributed by atoms with Gasteiger partial charge in [-0.25, -0.2) is 0 Å². The molecule has 2 atom stereocenters. The lowest BCUT2D eigenvalue weighted by Crippen LogP contribution is -2.17. The maximum Gasteiger partial charge on any atom is 0.143 e. The number of aliphatic hydroxyl groups excluding tert-OH is 1. The summed E-state index contributed by atoms with van der Waals surface area (Å²) >= 11 is 0. The number of ether oxygens (including phenoxy) is 1. The Morgan fingerprint density at radius 3 is 2.54 bits per heavy atom. The molecular weight excluding hydrogens is 164 g/mol. The highest BCUT2D eigenvalue weighted by Crippen LogP contribution is 2.47. The van der Waals surface area contributed by atoms with E-state index in [0.717, 1.165) is 12.0 Å². The summed E-state index contributed by atoms with van der Waals surface area (Å²) < 4.78 is 5.54. The van der Waals surface area contributed by atoms with Crippen molar-refractivity contribution in [3.8, 4) is 0 Å². The Labute approximate surface area is 78.2 Å². The Morgan fingerprint density at radius 1 is 1.38 bits per heavy atom. The zero-order valence-corrected chi connectivity index (χ0v) is 7.73. The molecule has 0 bridgehead atoms. The molecule has 1 aliphatic heterocycles. The molecule has 2 rings (SSSR count). The van der Waals surface area contributed by atoms with Crippen LogP contribution in [0.2, 0.25) is 0 Å². The van der Waals surface area contributed by atoms with Crippen LogP contribution in [0.15, 0.2) is 30.3 Å². The summed E-state index contributed by atoms with van der Waals surface area (Å²) in [7, 11) is 0. The minimum Gasteiger partial charge on any atom is -0.393 e. The van der Waals surface area contributed by atoms with Crippen LogP contribution < -0.4 is 0 Å². The van der Waals surface area contributed by atoms with E-state index in [4.69, 9.17) is 4.74 Å². The van der Waals surface area contributed by atoms with E-state index in [2.05, 4.69) is 6.92 Å². The first-order chi connectivity index (χ1) is 6.33. The minimum atomic E-state index is -0.393. The van der Waals surface area contributed by atoms with Crippen molar-refractivity contribution in [1.29, 1.82) is 0 Å². The Bertz CT molecular complexity index is 283. The van der Waals surface area contributed by atoms with Crippen molar-refractivity contribution < 1.29 is 9.84 Å². The molecule has 0 aromatic heterocycles. The fraction of sp³-hybridized carbons (Fsp3) is 0.455. The van der Waals surface area contributed by atoms with Gasteiger partial charge in [0.05, 0.1) is 12.7 Å². The normalized spacial score (nSPS) is 31.7. The minimum absolute atomic E-state index is 0.0789. The smallest absolute Gasteiger partial charge is 0.143 e. The average Bonchev–Trinajstić information content (AvgIpc) is 2.94. The highest BCUT2D eigenvalue weighted by atomic mass is 16.6. The topological polar surface area (TPSA) is 32.8 Å². The third-order valence-electron chi connectivity index (χ3n) is 2.68. The third-order valence-corrected chi connectivity index (χ3v) is 2.68. The van der Waals surface area contributed by atoms with Gasteiger partial charge >= 0.3 is 0 Å². The molecule has 0 saturated carbocycles. The molecule has 13 heavy (non-hydrogen) atoms. The number of aliphatic hydroxyl groups is 1. The predicted molar refractivity (Wildman–Crippen MR) is 50.4 cm³/mol. The molecule has 1 aromatic carbocycles. The Kier molecular flexibility index (Phi) is 2.10. The van der Waals surface area contributed by atoms with Crippen LogP contribution in [0.1, 0.15) is 18.9 Å². The van der Waals surface area contributed by atoms with E-state index in [-0.39, 0.29) is 12.7 Å². The zero-order valence-electron chi connectivity index (χ0n) is 7.73. The summed E-state index contributed by atoms with van der Waals surface area (Å²) in [5.74, 6) is 0. The molecule has 70 valence electrons. The molecule has 0 spiro atoms. The second-order valence-electron chi connectivity index (χ2n) is 3.43. The summed E-state index contributed by atoms with van der Waals surface area (Å²) in [4.78, 5) is 0. The summed E-state index contributed by atoms with van der Waals surface area (Å²) in [6.45, 7) is 2.15. The molecule has 0 amide bonds. The van der Waals surface area contributed by atoms with E-state index in [0.29, 0.717) is 0 Å². The average molecular weight is 178 g/mol. The van der Waals surface area contributed by atoms with Gasteiger partial charge in [-0.3, -0.25) is 0 Å². The molecule has 0 aliphatic carbocycles. The van der Waals surface area contributed by atoms with Crippen LogP contribution in [0.5, 0.6) is 0 Å². The third kappa shape index (κ3) is 1.26. The van der Waals surface area contributed by atoms with E-state index in [1.807, 2.05) is 30.3 Å². The monoisotopic (exact) mass is 178 g/mol. The standard InChI is InChI=1S/C11H14O2/c1-2-10-11(8-12,13-10)9-6-4-3-5-7-9/h3-7,10,12H,2,8H2,1H3. The number of hydrogen-bond donors (Lipinski definition) is 1. The van der Waals surface area contributed by atoms with Gasteiger partial charge < -0.3 is 9.84 Å². The van der Waals surface area contributed by atoms with Gasteiger partial charge in [0.15, 0.2) is 0 Å². The van der Waals surface area contributed by atoms with Crippen molar-refractivity contribution in [1.82, 2.24) is 0 Å². The van der Waals surface area contributed by atoms with E-state index >= 15 is 0 Å². The summed E-state index contributed by atoms with van der Waals surface area (Å²) in [6, 6.07) is 9.93. The van der Waals surface area contributed by atoms with Crippen LogP contribution in [0, 0.1) is 0 Å². The van der Waals surface area contributed by atoms with Crippen molar-refractivity contribution in [3.63, 3.8) is 0 Å². The van der Waals surface area contributed by atoms with Crippen LogP contribution in [0.3, 0.4) is 0 Å². The van der Waals surface area contributed by atoms with Crippen LogP contribution >= 0.6 is 0 Å². The largest absolute Gasteiger partial charge is 0.393 e. The van der Waals surface area contributed by atoms with Gasteiger partial charge in [-0.2, -0.15) is 0 Å². The maximum absolute atomic E-state index is 9.29. The SMILES string of the molecule is CCC1OC1(CO)c1ccccc1. The maximum atomic E-state index is 9.29. The van der Waals surface area contributed by atoms with Crippen molar-refractivity contribution in [2.45, 2.75) is 25.0 Å². The van der Waals surface area contributed by atoms with Gasteiger partial charge in [-0.1, -0.05) is 37.3 Å². The molecule has 1 aliphatic rings. The molecule has 1 saturated heterocycles. The molecule has 1 N–H and O–H groups in total. The molecule has 1 fully saturated rings. The molecule has 2 unspecified atom stereocenters. The quantitative estimate of drug-likeness (QED) is 0.714. The van der Waals surface area contributed by atoms with Gasteiger partial charge in [0.2, 0.25) is 0 Å². The van der Waals surface area contributed by atoms with E-state index in [1.54, 1.807) is 0 Å².